The van der Waals surface area contributed by atoms with Gasteiger partial charge in [-0.3, -0.25) is 9.59 Å². The molecule has 0 saturated heterocycles. The summed E-state index contributed by atoms with van der Waals surface area (Å²) in [4.78, 5) is 37.0. The van der Waals surface area contributed by atoms with Crippen molar-refractivity contribution in [3.8, 4) is 0 Å². The molecule has 0 aliphatic rings. The topological polar surface area (TPSA) is 102 Å². The predicted molar refractivity (Wildman–Crippen MR) is 263 cm³/mol. The molecule has 0 N–H and O–H groups in total. The predicted octanol–water partition coefficient (Wildman–Crippen LogP) is 12.5. The number of carbonyl (C=O) groups excluding carboxylic acids is 3. The summed E-state index contributed by atoms with van der Waals surface area (Å²) in [5.74, 6) is -1.84. The minimum atomic E-state index is -1.14. The van der Waals surface area contributed by atoms with Gasteiger partial charge in [0.15, 0.2) is 6.10 Å². The highest BCUT2D eigenvalue weighted by Gasteiger charge is 2.25. The molecule has 2 unspecified atom stereocenters. The van der Waals surface area contributed by atoms with E-state index in [9.17, 15) is 19.5 Å². The van der Waals surface area contributed by atoms with E-state index in [1.165, 1.54) is 32.1 Å². The zero-order valence-corrected chi connectivity index (χ0v) is 40.2. The maximum Gasteiger partial charge on any atom is 0.306 e. The largest absolute Gasteiger partial charge is 0.544 e. The molecule has 0 aromatic carbocycles. The lowest BCUT2D eigenvalue weighted by atomic mass is 10.1. The highest BCUT2D eigenvalue weighted by atomic mass is 16.6. The van der Waals surface area contributed by atoms with Gasteiger partial charge in [0, 0.05) is 19.3 Å². The molecular formula is C55H87NO7. The van der Waals surface area contributed by atoms with E-state index in [4.69, 9.17) is 14.2 Å². The number of unbranched alkanes of at least 4 members (excludes halogenated alkanes) is 11. The summed E-state index contributed by atoms with van der Waals surface area (Å²) in [5, 5.41) is 11.7. The van der Waals surface area contributed by atoms with E-state index >= 15 is 0 Å². The standard InChI is InChI=1S/C55H87NO7/c1-6-8-10-12-14-16-18-20-22-24-26-27-28-30-32-34-36-38-40-42-44-46-54(58)63-51(49-61-48-47-52(55(59)60)56(3,4)5)50-62-53(57)45-43-41-39-37-35-33-31-29-25-23-21-19-17-15-13-11-9-7-2/h11,13-17,19-23,25-27,29-32,36,38,51-52H,6-10,12,18,24,28,33-35,37,39-50H2,1-5H3/b13-11+,16-14+,17-15+,21-19+,22-20+,25-23+,27-26+,31-29+,32-30+,38-36+. The van der Waals surface area contributed by atoms with Gasteiger partial charge in [-0.05, 0) is 83.5 Å². The van der Waals surface area contributed by atoms with E-state index in [0.29, 0.717) is 12.8 Å². The molecule has 0 aliphatic heterocycles. The van der Waals surface area contributed by atoms with Crippen molar-refractivity contribution in [1.82, 2.24) is 0 Å². The van der Waals surface area contributed by atoms with Gasteiger partial charge in [-0.2, -0.15) is 0 Å². The smallest absolute Gasteiger partial charge is 0.306 e. The van der Waals surface area contributed by atoms with E-state index in [1.807, 2.05) is 36.5 Å². The summed E-state index contributed by atoms with van der Waals surface area (Å²) in [6, 6.07) is -0.747. The quantitative estimate of drug-likeness (QED) is 0.0198. The number of hydrogen-bond donors (Lipinski definition) is 0. The minimum absolute atomic E-state index is 0.00540. The van der Waals surface area contributed by atoms with Crippen LogP contribution in [-0.4, -0.2) is 75.5 Å². The maximum atomic E-state index is 12.8. The fourth-order valence-electron chi connectivity index (χ4n) is 6.18. The van der Waals surface area contributed by atoms with Crippen LogP contribution in [0.3, 0.4) is 0 Å². The minimum Gasteiger partial charge on any atom is -0.544 e. The van der Waals surface area contributed by atoms with Crippen molar-refractivity contribution < 1.29 is 38.2 Å². The molecule has 0 aromatic rings. The summed E-state index contributed by atoms with van der Waals surface area (Å²) in [6.07, 6.45) is 62.2. The number of ether oxygens (including phenoxy) is 3. The Kier molecular flexibility index (Phi) is 41.3. The molecule has 8 heteroatoms. The molecule has 0 fully saturated rings. The first kappa shape index (κ1) is 58.7. The third-order valence-corrected chi connectivity index (χ3v) is 9.93. The fraction of sp³-hybridized carbons (Fsp3) is 0.582. The third kappa shape index (κ3) is 42.8. The van der Waals surface area contributed by atoms with Crippen LogP contribution in [0.1, 0.15) is 155 Å². The maximum absolute atomic E-state index is 12.8. The number of esters is 2. The molecule has 0 aliphatic carbocycles. The molecule has 0 heterocycles. The Morgan fingerprint density at radius 1 is 0.492 bits per heavy atom. The van der Waals surface area contributed by atoms with Gasteiger partial charge in [-0.25, -0.2) is 0 Å². The molecule has 0 aromatic heterocycles. The van der Waals surface area contributed by atoms with Gasteiger partial charge in [-0.1, -0.05) is 174 Å². The van der Waals surface area contributed by atoms with E-state index in [0.717, 1.165) is 83.5 Å². The van der Waals surface area contributed by atoms with Crippen LogP contribution in [0.5, 0.6) is 0 Å². The van der Waals surface area contributed by atoms with Crippen LogP contribution in [0.15, 0.2) is 122 Å². The number of quaternary nitrogens is 1. The third-order valence-electron chi connectivity index (χ3n) is 9.93. The Hall–Kier alpha value is -4.27. The van der Waals surface area contributed by atoms with Gasteiger partial charge in [-0.15, -0.1) is 0 Å². The van der Waals surface area contributed by atoms with Crippen molar-refractivity contribution in [3.63, 3.8) is 0 Å². The number of aliphatic carboxylic acids is 1. The van der Waals surface area contributed by atoms with Crippen molar-refractivity contribution in [1.29, 1.82) is 0 Å². The van der Waals surface area contributed by atoms with Crippen LogP contribution < -0.4 is 5.11 Å². The number of carboxylic acids is 1. The number of hydrogen-bond acceptors (Lipinski definition) is 7. The fourth-order valence-corrected chi connectivity index (χ4v) is 6.18. The van der Waals surface area contributed by atoms with Crippen molar-refractivity contribution in [3.05, 3.63) is 122 Å². The van der Waals surface area contributed by atoms with E-state index < -0.39 is 18.1 Å². The number of likely N-dealkylation sites (N-methyl/N-ethyl adjacent to an activating group) is 1. The monoisotopic (exact) mass is 874 g/mol. The van der Waals surface area contributed by atoms with Gasteiger partial charge in [0.25, 0.3) is 0 Å². The number of rotatable bonds is 41. The Morgan fingerprint density at radius 3 is 1.48 bits per heavy atom. The molecule has 0 bridgehead atoms. The Labute approximate surface area is 384 Å². The number of carboxylic acid groups (broad SMARTS) is 1. The van der Waals surface area contributed by atoms with Gasteiger partial charge in [0.2, 0.25) is 0 Å². The number of nitrogens with zero attached hydrogens (tertiary/aromatic N) is 1. The molecule has 8 nitrogen and oxygen atoms in total. The first-order valence-electron chi connectivity index (χ1n) is 24.1. The zero-order valence-electron chi connectivity index (χ0n) is 40.2. The molecule has 0 rings (SSSR count). The normalized spacial score (nSPS) is 14.0. The van der Waals surface area contributed by atoms with Gasteiger partial charge in [0.05, 0.1) is 40.3 Å². The summed E-state index contributed by atoms with van der Waals surface area (Å²) in [5.41, 5.74) is 0. The van der Waals surface area contributed by atoms with Crippen LogP contribution in [0.2, 0.25) is 0 Å². The first-order valence-corrected chi connectivity index (χ1v) is 24.1. The van der Waals surface area contributed by atoms with E-state index in [2.05, 4.69) is 98.9 Å². The van der Waals surface area contributed by atoms with Crippen LogP contribution in [0, 0.1) is 0 Å². The highest BCUT2D eigenvalue weighted by Crippen LogP contribution is 2.12. The molecule has 0 saturated carbocycles. The molecule has 0 amide bonds. The van der Waals surface area contributed by atoms with E-state index in [-0.39, 0.29) is 49.1 Å². The summed E-state index contributed by atoms with van der Waals surface area (Å²) < 4.78 is 17.1. The lowest BCUT2D eigenvalue weighted by Gasteiger charge is -2.34. The second kappa shape index (κ2) is 44.3. The Balaban J connectivity index is 4.48. The zero-order chi connectivity index (χ0) is 46.3. The summed E-state index contributed by atoms with van der Waals surface area (Å²) in [6.45, 7) is 4.45. The van der Waals surface area contributed by atoms with Gasteiger partial charge in [0.1, 0.15) is 12.6 Å². The van der Waals surface area contributed by atoms with Crippen LogP contribution in [0.25, 0.3) is 0 Å². The average Bonchev–Trinajstić information content (AvgIpc) is 3.24. The van der Waals surface area contributed by atoms with E-state index in [1.54, 1.807) is 21.1 Å². The van der Waals surface area contributed by atoms with Crippen molar-refractivity contribution in [2.75, 3.05) is 41.0 Å². The Morgan fingerprint density at radius 2 is 0.937 bits per heavy atom. The second-order valence-electron chi connectivity index (χ2n) is 16.8. The molecule has 0 spiro atoms. The lowest BCUT2D eigenvalue weighted by molar-refractivity contribution is -0.889. The molecular weight excluding hydrogens is 787 g/mol. The van der Waals surface area contributed by atoms with Crippen LogP contribution in [-0.2, 0) is 28.6 Å². The molecule has 354 valence electrons. The van der Waals surface area contributed by atoms with Crippen molar-refractivity contribution >= 4 is 17.9 Å². The summed E-state index contributed by atoms with van der Waals surface area (Å²) in [7, 11) is 5.37. The molecule has 2 atom stereocenters. The van der Waals surface area contributed by atoms with Gasteiger partial charge < -0.3 is 28.6 Å². The number of allylic oxidation sites excluding steroid dienone is 20. The van der Waals surface area contributed by atoms with Crippen molar-refractivity contribution in [2.24, 2.45) is 0 Å². The lowest BCUT2D eigenvalue weighted by Crippen LogP contribution is -2.55. The Bertz CT molecular complexity index is 1440. The molecule has 63 heavy (non-hydrogen) atoms. The second-order valence-corrected chi connectivity index (χ2v) is 16.8. The highest BCUT2D eigenvalue weighted by molar-refractivity contribution is 5.70. The van der Waals surface area contributed by atoms with Crippen LogP contribution in [0.4, 0.5) is 0 Å². The van der Waals surface area contributed by atoms with Crippen molar-refractivity contribution in [2.45, 2.75) is 167 Å². The molecule has 0 radical (unpaired) electrons. The van der Waals surface area contributed by atoms with Gasteiger partial charge >= 0.3 is 11.9 Å². The average molecular weight is 874 g/mol. The number of carbonyl (C=O) groups is 3. The summed E-state index contributed by atoms with van der Waals surface area (Å²) >= 11 is 0. The first-order chi connectivity index (χ1) is 30.6. The SMILES string of the molecule is CCC/C=C/C=C/C=C/C=C/C=C/CCCCCCCC(=O)OCC(COCCC(C(=O)[O-])[N+](C)(C)C)OC(=O)CCCC/C=C/C/C=C/C/C=C/C/C=C/C/C=C/CCCCC. The van der Waals surface area contributed by atoms with Crippen LogP contribution >= 0.6 is 0 Å².